The van der Waals surface area contributed by atoms with Gasteiger partial charge in [0.15, 0.2) is 11.5 Å². The quantitative estimate of drug-likeness (QED) is 0.256. The molecule has 3 aromatic rings. The molecular formula is C35H42N2O7. The molecule has 0 bridgehead atoms. The van der Waals surface area contributed by atoms with Crippen LogP contribution in [0.1, 0.15) is 59.2 Å². The molecule has 0 saturated carbocycles. The van der Waals surface area contributed by atoms with E-state index in [0.29, 0.717) is 37.0 Å². The van der Waals surface area contributed by atoms with Gasteiger partial charge in [-0.1, -0.05) is 43.7 Å². The zero-order valence-electron chi connectivity index (χ0n) is 26.1. The van der Waals surface area contributed by atoms with Gasteiger partial charge in [-0.2, -0.15) is 0 Å². The normalized spacial score (nSPS) is 19.2. The number of hydrogen-bond acceptors (Lipinski definition) is 7. The van der Waals surface area contributed by atoms with Gasteiger partial charge in [-0.15, -0.1) is 0 Å². The van der Waals surface area contributed by atoms with Crippen LogP contribution in [0.3, 0.4) is 0 Å². The fraction of sp³-hybridized carbons (Fsp3) is 0.429. The number of hydrogen-bond donors (Lipinski definition) is 2. The van der Waals surface area contributed by atoms with Crippen molar-refractivity contribution in [3.05, 3.63) is 81.9 Å². The number of likely N-dealkylation sites (tertiary alicyclic amines) is 1. The SMILES string of the molecule is CCc1cc(C)cc(CC)c1NC(=O)CN1C[C@H](c2cc3c(cc2C)OCO3)C(C(=O)O)[C@@H]1c1ccc(OCCOC)cc1. The summed E-state index contributed by atoms with van der Waals surface area (Å²) in [4.78, 5) is 28.8. The lowest BCUT2D eigenvalue weighted by atomic mass is 9.81. The van der Waals surface area contributed by atoms with Crippen molar-refractivity contribution in [2.75, 3.05) is 45.5 Å². The number of carboxylic acid groups (broad SMARTS) is 1. The maximum atomic E-state index is 13.7. The number of nitrogens with zero attached hydrogens (tertiary/aromatic N) is 1. The fourth-order valence-electron chi connectivity index (χ4n) is 6.59. The molecule has 0 spiro atoms. The first kappa shape index (κ1) is 31.3. The van der Waals surface area contributed by atoms with Gasteiger partial charge in [0.2, 0.25) is 12.7 Å². The van der Waals surface area contributed by atoms with Crippen molar-refractivity contribution in [1.29, 1.82) is 0 Å². The molecule has 3 aromatic carbocycles. The van der Waals surface area contributed by atoms with Gasteiger partial charge >= 0.3 is 5.97 Å². The summed E-state index contributed by atoms with van der Waals surface area (Å²) in [6.45, 7) is 9.63. The summed E-state index contributed by atoms with van der Waals surface area (Å²) >= 11 is 0. The van der Waals surface area contributed by atoms with Gasteiger partial charge < -0.3 is 29.4 Å². The van der Waals surface area contributed by atoms with Crippen molar-refractivity contribution in [3.63, 3.8) is 0 Å². The van der Waals surface area contributed by atoms with Crippen molar-refractivity contribution in [3.8, 4) is 17.2 Å². The van der Waals surface area contributed by atoms with Crippen molar-refractivity contribution in [1.82, 2.24) is 4.90 Å². The molecule has 9 heteroatoms. The largest absolute Gasteiger partial charge is 0.491 e. The number of methoxy groups -OCH3 is 1. The van der Waals surface area contributed by atoms with E-state index in [2.05, 4.69) is 38.2 Å². The summed E-state index contributed by atoms with van der Waals surface area (Å²) < 4.78 is 22.0. The molecular weight excluding hydrogens is 560 g/mol. The predicted molar refractivity (Wildman–Crippen MR) is 168 cm³/mol. The van der Waals surface area contributed by atoms with Gasteiger partial charge in [-0.05, 0) is 78.8 Å². The van der Waals surface area contributed by atoms with E-state index in [4.69, 9.17) is 18.9 Å². The lowest BCUT2D eigenvalue weighted by Crippen LogP contribution is -2.35. The molecule has 234 valence electrons. The zero-order chi connectivity index (χ0) is 31.4. The molecule has 2 aliphatic rings. The minimum atomic E-state index is -0.916. The molecule has 2 N–H and O–H groups in total. The maximum absolute atomic E-state index is 13.7. The molecule has 1 amide bonds. The number of rotatable bonds is 12. The highest BCUT2D eigenvalue weighted by Crippen LogP contribution is 2.49. The molecule has 0 aromatic heterocycles. The average molecular weight is 603 g/mol. The number of carboxylic acids is 1. The Bertz CT molecular complexity index is 1480. The van der Waals surface area contributed by atoms with Crippen LogP contribution < -0.4 is 19.5 Å². The smallest absolute Gasteiger partial charge is 0.309 e. The van der Waals surface area contributed by atoms with Crippen LogP contribution >= 0.6 is 0 Å². The summed E-state index contributed by atoms with van der Waals surface area (Å²) in [5.74, 6) is -0.339. The zero-order valence-corrected chi connectivity index (χ0v) is 26.1. The Labute approximate surface area is 259 Å². The van der Waals surface area contributed by atoms with Crippen LogP contribution in [-0.2, 0) is 27.2 Å². The van der Waals surface area contributed by atoms with Crippen LogP contribution in [0, 0.1) is 19.8 Å². The van der Waals surface area contributed by atoms with Crippen molar-refractivity contribution in [2.45, 2.75) is 52.5 Å². The summed E-state index contributed by atoms with van der Waals surface area (Å²) in [7, 11) is 1.62. The summed E-state index contributed by atoms with van der Waals surface area (Å²) in [5, 5.41) is 13.9. The van der Waals surface area contributed by atoms with Gasteiger partial charge in [-0.3, -0.25) is 14.5 Å². The number of ether oxygens (including phenoxy) is 4. The van der Waals surface area contributed by atoms with Gasteiger partial charge in [0, 0.05) is 31.3 Å². The van der Waals surface area contributed by atoms with Crippen LogP contribution in [0.15, 0.2) is 48.5 Å². The second kappa shape index (κ2) is 13.7. The molecule has 9 nitrogen and oxygen atoms in total. The van der Waals surface area contributed by atoms with E-state index in [1.54, 1.807) is 7.11 Å². The molecule has 1 saturated heterocycles. The molecule has 0 radical (unpaired) electrons. The van der Waals surface area contributed by atoms with E-state index in [-0.39, 0.29) is 25.2 Å². The number of carbonyl (C=O) groups excluding carboxylic acids is 1. The highest BCUT2D eigenvalue weighted by atomic mass is 16.7. The van der Waals surface area contributed by atoms with E-state index in [0.717, 1.165) is 51.9 Å². The van der Waals surface area contributed by atoms with Gasteiger partial charge in [0.25, 0.3) is 0 Å². The van der Waals surface area contributed by atoms with Crippen molar-refractivity contribution in [2.24, 2.45) is 5.92 Å². The summed E-state index contributed by atoms with van der Waals surface area (Å²) in [6.07, 6.45) is 1.59. The third-order valence-corrected chi connectivity index (χ3v) is 8.64. The van der Waals surface area contributed by atoms with E-state index >= 15 is 0 Å². The number of aryl methyl sites for hydroxylation is 4. The second-order valence-corrected chi connectivity index (χ2v) is 11.5. The molecule has 5 rings (SSSR count). The standard InChI is InChI=1S/C35H42N2O7/c1-6-23-14-21(3)15-24(7-2)33(23)36-31(38)19-37-18-28(27-17-30-29(16-22(27)4)43-20-44-30)32(35(39)40)34(37)25-8-10-26(11-9-25)42-13-12-41-5/h8-11,14-17,28,32,34H,6-7,12-13,18-20H2,1-5H3,(H,36,38)(H,39,40)/t28-,32?,34+/m1/s1. The van der Waals surface area contributed by atoms with Gasteiger partial charge in [0.05, 0.1) is 19.1 Å². The Balaban J connectivity index is 1.49. The monoisotopic (exact) mass is 602 g/mol. The van der Waals surface area contributed by atoms with E-state index in [1.807, 2.05) is 48.2 Å². The Morgan fingerprint density at radius 2 is 1.64 bits per heavy atom. The second-order valence-electron chi connectivity index (χ2n) is 11.5. The summed E-state index contributed by atoms with van der Waals surface area (Å²) in [5.41, 5.74) is 6.83. The Kier molecular flexibility index (Phi) is 9.76. The van der Waals surface area contributed by atoms with Crippen LogP contribution in [0.2, 0.25) is 0 Å². The molecule has 2 heterocycles. The number of amides is 1. The first-order valence-corrected chi connectivity index (χ1v) is 15.2. The number of nitrogens with one attached hydrogen (secondary N) is 1. The first-order chi connectivity index (χ1) is 21.2. The highest BCUT2D eigenvalue weighted by Gasteiger charge is 2.48. The van der Waals surface area contributed by atoms with Crippen LogP contribution in [-0.4, -0.2) is 62.1 Å². The van der Waals surface area contributed by atoms with E-state index in [1.165, 1.54) is 0 Å². The number of benzene rings is 3. The number of fused-ring (bicyclic) bond motifs is 1. The minimum Gasteiger partial charge on any atom is -0.491 e. The predicted octanol–water partition coefficient (Wildman–Crippen LogP) is 5.66. The van der Waals surface area contributed by atoms with Gasteiger partial charge in [0.1, 0.15) is 12.4 Å². The number of anilines is 1. The Morgan fingerprint density at radius 1 is 0.977 bits per heavy atom. The number of aliphatic carboxylic acids is 1. The summed E-state index contributed by atoms with van der Waals surface area (Å²) in [6, 6.07) is 15.0. The Hall–Kier alpha value is -4.08. The molecule has 44 heavy (non-hydrogen) atoms. The third kappa shape index (κ3) is 6.54. The lowest BCUT2D eigenvalue weighted by Gasteiger charge is -2.27. The van der Waals surface area contributed by atoms with Crippen molar-refractivity contribution < 1.29 is 33.6 Å². The molecule has 2 aliphatic heterocycles. The maximum Gasteiger partial charge on any atom is 0.309 e. The van der Waals surface area contributed by atoms with Gasteiger partial charge in [-0.25, -0.2) is 0 Å². The molecule has 0 aliphatic carbocycles. The molecule has 1 fully saturated rings. The Morgan fingerprint density at radius 3 is 2.25 bits per heavy atom. The third-order valence-electron chi connectivity index (χ3n) is 8.64. The van der Waals surface area contributed by atoms with E-state index < -0.39 is 17.9 Å². The van der Waals surface area contributed by atoms with Crippen molar-refractivity contribution >= 4 is 17.6 Å². The lowest BCUT2D eigenvalue weighted by molar-refractivity contribution is -0.143. The van der Waals surface area contributed by atoms with Crippen LogP contribution in [0.4, 0.5) is 5.69 Å². The average Bonchev–Trinajstić information content (AvgIpc) is 3.61. The fourth-order valence-corrected chi connectivity index (χ4v) is 6.59. The number of carbonyl (C=O) groups is 2. The highest BCUT2D eigenvalue weighted by molar-refractivity contribution is 5.94. The molecule has 3 atom stereocenters. The van der Waals surface area contributed by atoms with Crippen LogP contribution in [0.25, 0.3) is 0 Å². The first-order valence-electron chi connectivity index (χ1n) is 15.2. The topological polar surface area (TPSA) is 107 Å². The molecule has 1 unspecified atom stereocenters. The minimum absolute atomic E-state index is 0.0425. The van der Waals surface area contributed by atoms with E-state index in [9.17, 15) is 14.7 Å². The van der Waals surface area contributed by atoms with Crippen LogP contribution in [0.5, 0.6) is 17.2 Å².